The minimum atomic E-state index is -0.588. The zero-order valence-electron chi connectivity index (χ0n) is 21.6. The molecule has 2 amide bonds. The molecule has 2 aromatic carbocycles. The van der Waals surface area contributed by atoms with Crippen molar-refractivity contribution in [3.05, 3.63) is 77.9 Å². The largest absolute Gasteiger partial charge is 0.340 e. The van der Waals surface area contributed by atoms with Crippen LogP contribution in [0.1, 0.15) is 41.1 Å². The number of halogens is 1. The molecule has 9 nitrogen and oxygen atoms in total. The molecule has 3 aromatic rings. The fraction of sp³-hybridized carbons (Fsp3) is 0.429. The number of hydrogen-bond donors (Lipinski definition) is 2. The Bertz CT molecular complexity index is 1210. The van der Waals surface area contributed by atoms with Gasteiger partial charge in [0.15, 0.2) is 0 Å². The molecule has 2 N–H and O–H groups in total. The second kappa shape index (κ2) is 11.8. The molecule has 1 saturated carbocycles. The summed E-state index contributed by atoms with van der Waals surface area (Å²) in [5.41, 5.74) is 2.44. The number of rotatable bonds is 10. The van der Waals surface area contributed by atoms with E-state index in [1.54, 1.807) is 41.3 Å². The molecule has 0 unspecified atom stereocenters. The van der Waals surface area contributed by atoms with Crippen LogP contribution in [0.3, 0.4) is 0 Å². The predicted octanol–water partition coefficient (Wildman–Crippen LogP) is 2.20. The Morgan fingerprint density at radius 1 is 1.05 bits per heavy atom. The van der Waals surface area contributed by atoms with Crippen LogP contribution < -0.4 is 10.6 Å². The van der Waals surface area contributed by atoms with Gasteiger partial charge in [0, 0.05) is 43.7 Å². The first-order valence-corrected chi connectivity index (χ1v) is 13.2. The highest BCUT2D eigenvalue weighted by atomic mass is 19.1. The Hall–Kier alpha value is -3.63. The molecule has 2 fully saturated rings. The van der Waals surface area contributed by atoms with E-state index >= 15 is 0 Å². The fourth-order valence-electron chi connectivity index (χ4n) is 4.95. The molecule has 1 aliphatic heterocycles. The summed E-state index contributed by atoms with van der Waals surface area (Å²) in [7, 11) is 2.05. The lowest BCUT2D eigenvalue weighted by Crippen LogP contribution is -2.54. The highest BCUT2D eigenvalue weighted by Gasteiger charge is 2.37. The van der Waals surface area contributed by atoms with E-state index in [0.717, 1.165) is 43.7 Å². The van der Waals surface area contributed by atoms with Gasteiger partial charge in [-0.1, -0.05) is 17.3 Å². The van der Waals surface area contributed by atoms with Crippen molar-refractivity contribution >= 4 is 11.8 Å². The first-order chi connectivity index (χ1) is 18.5. The Morgan fingerprint density at radius 2 is 1.79 bits per heavy atom. The van der Waals surface area contributed by atoms with Crippen molar-refractivity contribution in [3.8, 4) is 5.69 Å². The molecule has 10 heteroatoms. The summed E-state index contributed by atoms with van der Waals surface area (Å²) < 4.78 is 14.8. The van der Waals surface area contributed by atoms with E-state index in [-0.39, 0.29) is 17.6 Å². The van der Waals surface area contributed by atoms with Crippen LogP contribution >= 0.6 is 0 Å². The topological polar surface area (TPSA) is 95.4 Å². The molecule has 0 radical (unpaired) electrons. The third-order valence-corrected chi connectivity index (χ3v) is 7.40. The maximum Gasteiger partial charge on any atom is 0.251 e. The number of amides is 2. The first kappa shape index (κ1) is 26.0. The smallest absolute Gasteiger partial charge is 0.251 e. The van der Waals surface area contributed by atoms with Crippen LogP contribution in [0.25, 0.3) is 5.69 Å². The summed E-state index contributed by atoms with van der Waals surface area (Å²) in [6.45, 7) is 3.72. The molecule has 200 valence electrons. The van der Waals surface area contributed by atoms with Crippen molar-refractivity contribution < 1.29 is 14.0 Å². The van der Waals surface area contributed by atoms with Crippen molar-refractivity contribution in [2.24, 2.45) is 0 Å². The quantitative estimate of drug-likeness (QED) is 0.399. The van der Waals surface area contributed by atoms with E-state index in [4.69, 9.17) is 0 Å². The van der Waals surface area contributed by atoms with Gasteiger partial charge in [-0.2, -0.15) is 0 Å². The van der Waals surface area contributed by atoms with E-state index in [2.05, 4.69) is 25.8 Å². The van der Waals surface area contributed by atoms with Crippen LogP contribution in [-0.4, -0.2) is 88.5 Å². The van der Waals surface area contributed by atoms with E-state index in [1.807, 2.05) is 24.1 Å². The molecule has 5 rings (SSSR count). The zero-order valence-corrected chi connectivity index (χ0v) is 21.6. The Labute approximate surface area is 222 Å². The monoisotopic (exact) mass is 519 g/mol. The van der Waals surface area contributed by atoms with Crippen LogP contribution in [-0.2, 0) is 4.79 Å². The Balaban J connectivity index is 1.16. The highest BCUT2D eigenvalue weighted by molar-refractivity contribution is 5.97. The molecular formula is C28H34FN7O2. The predicted molar refractivity (Wildman–Crippen MR) is 141 cm³/mol. The van der Waals surface area contributed by atoms with Gasteiger partial charge < -0.3 is 20.4 Å². The van der Waals surface area contributed by atoms with E-state index in [9.17, 15) is 14.0 Å². The lowest BCUT2D eigenvalue weighted by atomic mass is 10.1. The summed E-state index contributed by atoms with van der Waals surface area (Å²) in [6.07, 6.45) is 5.65. The maximum absolute atomic E-state index is 13.4. The molecular weight excluding hydrogens is 485 g/mol. The van der Waals surface area contributed by atoms with Gasteiger partial charge in [-0.25, -0.2) is 9.07 Å². The van der Waals surface area contributed by atoms with Gasteiger partial charge in [-0.15, -0.1) is 5.10 Å². The number of benzene rings is 2. The van der Waals surface area contributed by atoms with Gasteiger partial charge in [0.05, 0.1) is 18.1 Å². The molecule has 1 saturated heterocycles. The van der Waals surface area contributed by atoms with Gasteiger partial charge in [0.2, 0.25) is 5.91 Å². The SMILES string of the molecule is CN1CCN(C(=O)[C@H](CCCN[C@H]2C[C@@H]2c2ccc(F)cc2)NC(=O)c2ccc(-n3ccnn3)cc2)CC1. The minimum Gasteiger partial charge on any atom is -0.340 e. The van der Waals surface area contributed by atoms with Crippen LogP contribution in [0.4, 0.5) is 4.39 Å². The zero-order chi connectivity index (χ0) is 26.5. The second-order valence-corrected chi connectivity index (χ2v) is 10.1. The van der Waals surface area contributed by atoms with E-state index < -0.39 is 6.04 Å². The van der Waals surface area contributed by atoms with Gasteiger partial charge in [-0.3, -0.25) is 9.59 Å². The Kier molecular flexibility index (Phi) is 8.09. The third-order valence-electron chi connectivity index (χ3n) is 7.40. The second-order valence-electron chi connectivity index (χ2n) is 10.1. The molecule has 1 aromatic heterocycles. The average Bonchev–Trinajstić information content (AvgIpc) is 3.49. The standard InChI is InChI=1S/C28H34FN7O2/c1-34-15-17-35(18-16-34)28(38)25(3-2-12-30-26-19-24(26)20-4-8-22(29)9-5-20)32-27(37)21-6-10-23(11-7-21)36-14-13-31-33-36/h4-11,13-14,24-26,30H,2-3,12,15-19H2,1H3,(H,32,37)/t24-,25+,26+/m1/s1. The van der Waals surface area contributed by atoms with Crippen molar-refractivity contribution in [2.45, 2.75) is 37.3 Å². The van der Waals surface area contributed by atoms with Crippen LogP contribution in [0.2, 0.25) is 0 Å². The third kappa shape index (κ3) is 6.43. The number of likely N-dealkylation sites (N-methyl/N-ethyl adjacent to an activating group) is 1. The molecule has 38 heavy (non-hydrogen) atoms. The van der Waals surface area contributed by atoms with Crippen LogP contribution in [0.15, 0.2) is 60.9 Å². The van der Waals surface area contributed by atoms with Gasteiger partial charge in [0.25, 0.3) is 5.91 Å². The van der Waals surface area contributed by atoms with Crippen molar-refractivity contribution in [3.63, 3.8) is 0 Å². The summed E-state index contributed by atoms with van der Waals surface area (Å²) in [4.78, 5) is 30.6. The molecule has 3 atom stereocenters. The molecule has 2 heterocycles. The first-order valence-electron chi connectivity index (χ1n) is 13.2. The number of nitrogens with zero attached hydrogens (tertiary/aromatic N) is 5. The summed E-state index contributed by atoms with van der Waals surface area (Å²) >= 11 is 0. The maximum atomic E-state index is 13.4. The van der Waals surface area contributed by atoms with Crippen LogP contribution in [0, 0.1) is 5.82 Å². The van der Waals surface area contributed by atoms with Crippen molar-refractivity contribution in [1.29, 1.82) is 0 Å². The fourth-order valence-corrected chi connectivity index (χ4v) is 4.95. The molecule has 1 aliphatic carbocycles. The van der Waals surface area contributed by atoms with Crippen LogP contribution in [0.5, 0.6) is 0 Å². The normalized spacial score (nSPS) is 20.2. The van der Waals surface area contributed by atoms with Crippen molar-refractivity contribution in [1.82, 2.24) is 35.4 Å². The highest BCUT2D eigenvalue weighted by Crippen LogP contribution is 2.40. The number of piperazine rings is 1. The average molecular weight is 520 g/mol. The summed E-state index contributed by atoms with van der Waals surface area (Å²) in [5.74, 6) is -0.114. The lowest BCUT2D eigenvalue weighted by molar-refractivity contribution is -0.135. The van der Waals surface area contributed by atoms with Gasteiger partial charge in [-0.05, 0) is 74.8 Å². The Morgan fingerprint density at radius 3 is 2.47 bits per heavy atom. The minimum absolute atomic E-state index is 0.0266. The molecule has 0 spiro atoms. The van der Waals surface area contributed by atoms with Gasteiger partial charge >= 0.3 is 0 Å². The number of carbonyl (C=O) groups excluding carboxylic acids is 2. The van der Waals surface area contributed by atoms with Crippen molar-refractivity contribution in [2.75, 3.05) is 39.8 Å². The molecule has 0 bridgehead atoms. The number of carbonyl (C=O) groups is 2. The van der Waals surface area contributed by atoms with E-state index in [1.165, 1.54) is 12.1 Å². The number of hydrogen-bond acceptors (Lipinski definition) is 6. The lowest BCUT2D eigenvalue weighted by Gasteiger charge is -2.34. The summed E-state index contributed by atoms with van der Waals surface area (Å²) in [6, 6.07) is 13.5. The number of nitrogens with one attached hydrogen (secondary N) is 2. The number of aromatic nitrogens is 3. The van der Waals surface area contributed by atoms with E-state index in [0.29, 0.717) is 37.0 Å². The summed E-state index contributed by atoms with van der Waals surface area (Å²) in [5, 5.41) is 14.3. The van der Waals surface area contributed by atoms with Gasteiger partial charge in [0.1, 0.15) is 11.9 Å². The molecule has 2 aliphatic rings.